The molecule has 3 rings (SSSR count). The van der Waals surface area contributed by atoms with Gasteiger partial charge in [0, 0.05) is 31.0 Å². The van der Waals surface area contributed by atoms with Crippen molar-refractivity contribution in [1.29, 1.82) is 0 Å². The number of aromatic nitrogens is 4. The number of nitrogens with one attached hydrogen (secondary N) is 1. The molecule has 7 heteroatoms. The predicted molar refractivity (Wildman–Crippen MR) is 84.0 cm³/mol. The summed E-state index contributed by atoms with van der Waals surface area (Å²) < 4.78 is 5.03. The highest BCUT2D eigenvalue weighted by Gasteiger charge is 2.28. The van der Waals surface area contributed by atoms with Crippen molar-refractivity contribution >= 4 is 11.8 Å². The van der Waals surface area contributed by atoms with Gasteiger partial charge in [0.15, 0.2) is 11.6 Å². The highest BCUT2D eigenvalue weighted by Crippen LogP contribution is 2.25. The zero-order chi connectivity index (χ0) is 15.7. The van der Waals surface area contributed by atoms with E-state index in [0.717, 1.165) is 31.1 Å². The summed E-state index contributed by atoms with van der Waals surface area (Å²) in [4.78, 5) is 6.35. The molecule has 118 valence electrons. The van der Waals surface area contributed by atoms with E-state index in [4.69, 9.17) is 4.52 Å². The lowest BCUT2D eigenvalue weighted by atomic mass is 9.92. The average molecular weight is 302 g/mol. The van der Waals surface area contributed by atoms with Gasteiger partial charge in [0.2, 0.25) is 0 Å². The molecule has 1 fully saturated rings. The van der Waals surface area contributed by atoms with Crippen LogP contribution in [-0.2, 0) is 5.41 Å². The van der Waals surface area contributed by atoms with Crippen molar-refractivity contribution in [3.63, 3.8) is 0 Å². The summed E-state index contributed by atoms with van der Waals surface area (Å²) in [5.41, 5.74) is 1.05. The number of hydrogen-bond donors (Lipinski definition) is 1. The maximum absolute atomic E-state index is 5.03. The number of hydrogen-bond acceptors (Lipinski definition) is 7. The van der Waals surface area contributed by atoms with Crippen LogP contribution in [0.5, 0.6) is 0 Å². The van der Waals surface area contributed by atoms with Crippen molar-refractivity contribution in [2.45, 2.75) is 33.1 Å². The monoisotopic (exact) mass is 302 g/mol. The smallest absolute Gasteiger partial charge is 0.321 e. The first-order chi connectivity index (χ1) is 10.4. The Morgan fingerprint density at radius 2 is 2.05 bits per heavy atom. The van der Waals surface area contributed by atoms with E-state index in [2.05, 4.69) is 63.5 Å². The topological polar surface area (TPSA) is 80.0 Å². The molecule has 2 aromatic rings. The van der Waals surface area contributed by atoms with Gasteiger partial charge in [0.1, 0.15) is 0 Å². The zero-order valence-corrected chi connectivity index (χ0v) is 13.5. The van der Waals surface area contributed by atoms with Crippen LogP contribution in [0.2, 0.25) is 0 Å². The third-order valence-corrected chi connectivity index (χ3v) is 3.77. The van der Waals surface area contributed by atoms with E-state index in [1.807, 2.05) is 0 Å². The standard InChI is InChI=1S/C15H22N6O/c1-10-17-14(22-20-10)16-7-11-8-21(9-11)13-6-5-12(18-19-13)15(2,3)4/h5-6,11H,7-9H2,1-4H3,(H,16,17,20). The Morgan fingerprint density at radius 1 is 1.27 bits per heavy atom. The van der Waals surface area contributed by atoms with E-state index in [1.54, 1.807) is 6.92 Å². The van der Waals surface area contributed by atoms with E-state index in [1.165, 1.54) is 0 Å². The quantitative estimate of drug-likeness (QED) is 0.925. The highest BCUT2D eigenvalue weighted by molar-refractivity contribution is 5.41. The summed E-state index contributed by atoms with van der Waals surface area (Å²) in [6.07, 6.45) is 0. The molecule has 0 radical (unpaired) electrons. The molecule has 1 saturated heterocycles. The Bertz CT molecular complexity index is 624. The summed E-state index contributed by atoms with van der Waals surface area (Å²) in [6.45, 7) is 11.0. The summed E-state index contributed by atoms with van der Waals surface area (Å²) in [7, 11) is 0. The van der Waals surface area contributed by atoms with Gasteiger partial charge in [0.05, 0.1) is 5.69 Å². The van der Waals surface area contributed by atoms with Gasteiger partial charge >= 0.3 is 6.01 Å². The van der Waals surface area contributed by atoms with Crippen LogP contribution in [0.15, 0.2) is 16.7 Å². The number of aryl methyl sites for hydroxylation is 1. The predicted octanol–water partition coefficient (Wildman–Crippen LogP) is 2.01. The number of anilines is 2. The molecule has 0 bridgehead atoms. The molecule has 0 saturated carbocycles. The van der Waals surface area contributed by atoms with Crippen molar-refractivity contribution in [2.75, 3.05) is 29.9 Å². The van der Waals surface area contributed by atoms with Crippen LogP contribution in [0.3, 0.4) is 0 Å². The Balaban J connectivity index is 1.48. The van der Waals surface area contributed by atoms with Gasteiger partial charge in [0.25, 0.3) is 0 Å². The summed E-state index contributed by atoms with van der Waals surface area (Å²) >= 11 is 0. The van der Waals surface area contributed by atoms with Gasteiger partial charge in [-0.3, -0.25) is 0 Å². The average Bonchev–Trinajstić information content (AvgIpc) is 2.82. The Hall–Kier alpha value is -2.18. The lowest BCUT2D eigenvalue weighted by molar-refractivity contribution is 0.400. The molecule has 0 unspecified atom stereocenters. The molecular weight excluding hydrogens is 280 g/mol. The van der Waals surface area contributed by atoms with Crippen LogP contribution in [0.4, 0.5) is 11.8 Å². The van der Waals surface area contributed by atoms with Crippen LogP contribution in [-0.4, -0.2) is 40.0 Å². The lowest BCUT2D eigenvalue weighted by Gasteiger charge is -2.39. The molecule has 3 heterocycles. The van der Waals surface area contributed by atoms with Crippen LogP contribution in [0.25, 0.3) is 0 Å². The molecule has 0 aromatic carbocycles. The van der Waals surface area contributed by atoms with Crippen LogP contribution >= 0.6 is 0 Å². The number of rotatable bonds is 4. The Labute approximate surface area is 130 Å². The van der Waals surface area contributed by atoms with E-state index in [0.29, 0.717) is 17.8 Å². The third-order valence-electron chi connectivity index (χ3n) is 3.77. The van der Waals surface area contributed by atoms with Gasteiger partial charge in [-0.15, -0.1) is 5.10 Å². The second-order valence-corrected chi connectivity index (χ2v) is 6.83. The minimum atomic E-state index is 0.0368. The van der Waals surface area contributed by atoms with Crippen LogP contribution < -0.4 is 10.2 Å². The Kier molecular flexibility index (Phi) is 3.72. The SMILES string of the molecule is Cc1noc(NCC2CN(c3ccc(C(C)(C)C)nn3)C2)n1. The van der Waals surface area contributed by atoms with Gasteiger partial charge in [-0.2, -0.15) is 10.1 Å². The second kappa shape index (κ2) is 5.55. The summed E-state index contributed by atoms with van der Waals surface area (Å²) in [5, 5.41) is 15.6. The molecule has 2 aromatic heterocycles. The third kappa shape index (κ3) is 3.18. The van der Waals surface area contributed by atoms with Gasteiger partial charge in [-0.1, -0.05) is 25.9 Å². The first-order valence-corrected chi connectivity index (χ1v) is 7.55. The van der Waals surface area contributed by atoms with E-state index < -0.39 is 0 Å². The molecule has 1 N–H and O–H groups in total. The van der Waals surface area contributed by atoms with Crippen molar-refractivity contribution in [1.82, 2.24) is 20.3 Å². The molecule has 22 heavy (non-hydrogen) atoms. The lowest BCUT2D eigenvalue weighted by Crippen LogP contribution is -2.50. The van der Waals surface area contributed by atoms with Crippen LogP contribution in [0.1, 0.15) is 32.3 Å². The molecule has 1 aliphatic heterocycles. The molecule has 7 nitrogen and oxygen atoms in total. The molecule has 0 amide bonds. The van der Waals surface area contributed by atoms with Crippen molar-refractivity contribution in [3.05, 3.63) is 23.7 Å². The molecular formula is C15H22N6O. The van der Waals surface area contributed by atoms with Crippen molar-refractivity contribution in [2.24, 2.45) is 5.92 Å². The number of nitrogens with zero attached hydrogens (tertiary/aromatic N) is 5. The molecule has 0 spiro atoms. The normalized spacial score (nSPS) is 15.7. The van der Waals surface area contributed by atoms with E-state index in [-0.39, 0.29) is 5.41 Å². The van der Waals surface area contributed by atoms with Crippen molar-refractivity contribution in [3.8, 4) is 0 Å². The molecule has 1 aliphatic rings. The fourth-order valence-corrected chi connectivity index (χ4v) is 2.38. The van der Waals surface area contributed by atoms with Crippen LogP contribution in [0, 0.1) is 12.8 Å². The maximum atomic E-state index is 5.03. The summed E-state index contributed by atoms with van der Waals surface area (Å²) in [5.74, 6) is 2.14. The van der Waals surface area contributed by atoms with E-state index >= 15 is 0 Å². The van der Waals surface area contributed by atoms with E-state index in [9.17, 15) is 0 Å². The Morgan fingerprint density at radius 3 is 2.59 bits per heavy atom. The van der Waals surface area contributed by atoms with Gasteiger partial charge < -0.3 is 14.7 Å². The minimum absolute atomic E-state index is 0.0368. The highest BCUT2D eigenvalue weighted by atomic mass is 16.5. The fraction of sp³-hybridized carbons (Fsp3) is 0.600. The molecule has 0 atom stereocenters. The van der Waals surface area contributed by atoms with Gasteiger partial charge in [-0.05, 0) is 19.1 Å². The molecule has 0 aliphatic carbocycles. The second-order valence-electron chi connectivity index (χ2n) is 6.83. The fourth-order valence-electron chi connectivity index (χ4n) is 2.38. The zero-order valence-electron chi connectivity index (χ0n) is 13.5. The first kappa shape index (κ1) is 14.7. The minimum Gasteiger partial charge on any atom is -0.354 e. The van der Waals surface area contributed by atoms with Gasteiger partial charge in [-0.25, -0.2) is 0 Å². The van der Waals surface area contributed by atoms with Crippen molar-refractivity contribution < 1.29 is 4.52 Å². The first-order valence-electron chi connectivity index (χ1n) is 7.55. The largest absolute Gasteiger partial charge is 0.354 e. The summed E-state index contributed by atoms with van der Waals surface area (Å²) in [6, 6.07) is 4.61. The maximum Gasteiger partial charge on any atom is 0.321 e.